The van der Waals surface area contributed by atoms with Gasteiger partial charge < -0.3 is 18.5 Å². The molecule has 2 aromatic heterocycles. The van der Waals surface area contributed by atoms with E-state index in [1.165, 1.54) is 6.07 Å². The highest BCUT2D eigenvalue weighted by molar-refractivity contribution is 5.96. The highest BCUT2D eigenvalue weighted by Crippen LogP contribution is 2.29. The predicted octanol–water partition coefficient (Wildman–Crippen LogP) is 1.95. The van der Waals surface area contributed by atoms with Crippen molar-refractivity contribution in [1.29, 1.82) is 0 Å². The van der Waals surface area contributed by atoms with E-state index in [1.807, 2.05) is 0 Å². The summed E-state index contributed by atoms with van der Waals surface area (Å²) >= 11 is 0. The quantitative estimate of drug-likeness (QED) is 0.828. The predicted molar refractivity (Wildman–Crippen MR) is 87.6 cm³/mol. The molecule has 0 radical (unpaired) electrons. The van der Waals surface area contributed by atoms with Gasteiger partial charge in [0.1, 0.15) is 17.2 Å². The van der Waals surface area contributed by atoms with Gasteiger partial charge in [-0.15, -0.1) is 0 Å². The standard InChI is InChI=1S/C18H20N2O5/c1-10-7-15(21)24-11(2)16(10)18(22)20-5-3-14-13(8-20)19-17(25-14)12-4-6-23-9-12/h7,12H,3-6,8-9H2,1-2H3. The molecule has 2 aliphatic heterocycles. The van der Waals surface area contributed by atoms with E-state index in [4.69, 9.17) is 13.6 Å². The second-order valence-corrected chi connectivity index (χ2v) is 6.64. The molecule has 4 rings (SSSR count). The van der Waals surface area contributed by atoms with Crippen LogP contribution >= 0.6 is 0 Å². The molecule has 1 unspecified atom stereocenters. The summed E-state index contributed by atoms with van der Waals surface area (Å²) in [5, 5.41) is 0. The van der Waals surface area contributed by atoms with Gasteiger partial charge in [-0.3, -0.25) is 4.79 Å². The van der Waals surface area contributed by atoms with E-state index in [-0.39, 0.29) is 11.8 Å². The number of nitrogens with zero attached hydrogens (tertiary/aromatic N) is 2. The van der Waals surface area contributed by atoms with E-state index < -0.39 is 5.63 Å². The summed E-state index contributed by atoms with van der Waals surface area (Å²) in [5.41, 5.74) is 1.46. The monoisotopic (exact) mass is 344 g/mol. The van der Waals surface area contributed by atoms with Crippen LogP contribution in [-0.4, -0.2) is 35.5 Å². The molecular weight excluding hydrogens is 324 g/mol. The van der Waals surface area contributed by atoms with Gasteiger partial charge in [-0.2, -0.15) is 0 Å². The minimum absolute atomic E-state index is 0.141. The first kappa shape index (κ1) is 16.1. The normalized spacial score (nSPS) is 19.9. The molecule has 2 aromatic rings. The van der Waals surface area contributed by atoms with Gasteiger partial charge in [-0.25, -0.2) is 9.78 Å². The molecule has 0 bridgehead atoms. The third-order valence-electron chi connectivity index (χ3n) is 4.86. The highest BCUT2D eigenvalue weighted by atomic mass is 16.5. The molecule has 2 aliphatic rings. The fourth-order valence-corrected chi connectivity index (χ4v) is 3.53. The minimum Gasteiger partial charge on any atom is -0.445 e. The number of hydrogen-bond acceptors (Lipinski definition) is 6. The van der Waals surface area contributed by atoms with Crippen LogP contribution in [0.3, 0.4) is 0 Å². The fourth-order valence-electron chi connectivity index (χ4n) is 3.53. The van der Waals surface area contributed by atoms with Crippen molar-refractivity contribution < 1.29 is 18.4 Å². The lowest BCUT2D eigenvalue weighted by Gasteiger charge is -2.26. The van der Waals surface area contributed by atoms with Gasteiger partial charge in [-0.1, -0.05) is 0 Å². The number of carbonyl (C=O) groups excluding carboxylic acids is 1. The summed E-state index contributed by atoms with van der Waals surface area (Å²) in [6, 6.07) is 1.35. The Labute approximate surface area is 144 Å². The zero-order chi connectivity index (χ0) is 17.6. The van der Waals surface area contributed by atoms with Crippen LogP contribution in [0.25, 0.3) is 0 Å². The zero-order valence-electron chi connectivity index (χ0n) is 14.3. The minimum atomic E-state index is -0.438. The van der Waals surface area contributed by atoms with Crippen molar-refractivity contribution in [2.75, 3.05) is 19.8 Å². The van der Waals surface area contributed by atoms with Crippen molar-refractivity contribution >= 4 is 5.91 Å². The molecule has 7 heteroatoms. The van der Waals surface area contributed by atoms with Gasteiger partial charge in [0, 0.05) is 25.6 Å². The lowest BCUT2D eigenvalue weighted by Crippen LogP contribution is -2.36. The Bertz CT molecular complexity index is 850. The maximum absolute atomic E-state index is 12.9. The second-order valence-electron chi connectivity index (χ2n) is 6.64. The van der Waals surface area contributed by atoms with E-state index in [0.717, 1.165) is 30.4 Å². The van der Waals surface area contributed by atoms with Crippen LogP contribution in [0.2, 0.25) is 0 Å². The van der Waals surface area contributed by atoms with Crippen LogP contribution in [0, 0.1) is 13.8 Å². The van der Waals surface area contributed by atoms with Crippen LogP contribution < -0.4 is 5.63 Å². The molecule has 25 heavy (non-hydrogen) atoms. The van der Waals surface area contributed by atoms with Gasteiger partial charge in [-0.05, 0) is 25.8 Å². The number of aryl methyl sites for hydroxylation is 2. The summed E-state index contributed by atoms with van der Waals surface area (Å²) < 4.78 is 16.4. The zero-order valence-corrected chi connectivity index (χ0v) is 14.3. The van der Waals surface area contributed by atoms with Crippen LogP contribution in [0.5, 0.6) is 0 Å². The maximum atomic E-state index is 12.9. The average Bonchev–Trinajstić information content (AvgIpc) is 3.22. The van der Waals surface area contributed by atoms with Gasteiger partial charge in [0.05, 0.1) is 24.6 Å². The molecule has 4 heterocycles. The number of fused-ring (bicyclic) bond motifs is 1. The smallest absolute Gasteiger partial charge is 0.336 e. The molecule has 1 amide bonds. The number of hydrogen-bond donors (Lipinski definition) is 0. The molecule has 0 aromatic carbocycles. The molecule has 0 aliphatic carbocycles. The average molecular weight is 344 g/mol. The maximum Gasteiger partial charge on any atom is 0.336 e. The molecule has 7 nitrogen and oxygen atoms in total. The molecule has 1 atom stereocenters. The van der Waals surface area contributed by atoms with Crippen LogP contribution in [-0.2, 0) is 17.7 Å². The van der Waals surface area contributed by atoms with Crippen molar-refractivity contribution in [3.63, 3.8) is 0 Å². The Morgan fingerprint density at radius 1 is 1.32 bits per heavy atom. The lowest BCUT2D eigenvalue weighted by atomic mass is 10.1. The Morgan fingerprint density at radius 3 is 2.88 bits per heavy atom. The summed E-state index contributed by atoms with van der Waals surface area (Å²) in [6.45, 7) is 5.73. The first-order valence-corrected chi connectivity index (χ1v) is 8.49. The van der Waals surface area contributed by atoms with Gasteiger partial charge in [0.25, 0.3) is 5.91 Å². The Balaban J connectivity index is 1.58. The molecule has 0 N–H and O–H groups in total. The van der Waals surface area contributed by atoms with Crippen molar-refractivity contribution in [2.24, 2.45) is 0 Å². The van der Waals surface area contributed by atoms with E-state index in [0.29, 0.717) is 43.0 Å². The van der Waals surface area contributed by atoms with Crippen molar-refractivity contribution in [2.45, 2.75) is 39.2 Å². The Morgan fingerprint density at radius 2 is 2.16 bits per heavy atom. The molecular formula is C18H20N2O5. The molecule has 0 spiro atoms. The Hall–Kier alpha value is -2.41. The lowest BCUT2D eigenvalue weighted by molar-refractivity contribution is 0.0723. The molecule has 1 saturated heterocycles. The number of ether oxygens (including phenoxy) is 1. The first-order chi connectivity index (χ1) is 12.0. The number of rotatable bonds is 2. The van der Waals surface area contributed by atoms with Crippen molar-refractivity contribution in [3.8, 4) is 0 Å². The highest BCUT2D eigenvalue weighted by Gasteiger charge is 2.31. The summed E-state index contributed by atoms with van der Waals surface area (Å²) in [7, 11) is 0. The first-order valence-electron chi connectivity index (χ1n) is 8.49. The van der Waals surface area contributed by atoms with E-state index in [1.54, 1.807) is 18.7 Å². The van der Waals surface area contributed by atoms with Gasteiger partial charge >= 0.3 is 5.63 Å². The summed E-state index contributed by atoms with van der Waals surface area (Å²) in [5.74, 6) is 2.00. The van der Waals surface area contributed by atoms with Crippen LogP contribution in [0.1, 0.15) is 51.4 Å². The fraction of sp³-hybridized carbons (Fsp3) is 0.500. The van der Waals surface area contributed by atoms with Gasteiger partial charge in [0.2, 0.25) is 0 Å². The summed E-state index contributed by atoms with van der Waals surface area (Å²) in [4.78, 5) is 30.7. The van der Waals surface area contributed by atoms with Crippen molar-refractivity contribution in [3.05, 3.63) is 50.7 Å². The van der Waals surface area contributed by atoms with Crippen molar-refractivity contribution in [1.82, 2.24) is 9.88 Å². The second kappa shape index (κ2) is 6.15. The third kappa shape index (κ3) is 2.89. The van der Waals surface area contributed by atoms with Crippen LogP contribution in [0.4, 0.5) is 0 Å². The number of aromatic nitrogens is 1. The number of amides is 1. The van der Waals surface area contributed by atoms with E-state index >= 15 is 0 Å². The topological polar surface area (TPSA) is 85.8 Å². The molecule has 0 saturated carbocycles. The molecule has 1 fully saturated rings. The third-order valence-corrected chi connectivity index (χ3v) is 4.86. The number of oxazole rings is 1. The molecule has 132 valence electrons. The SMILES string of the molecule is Cc1cc(=O)oc(C)c1C(=O)N1CCc2oc(C3CCOC3)nc2C1. The number of carbonyl (C=O) groups is 1. The summed E-state index contributed by atoms with van der Waals surface area (Å²) in [6.07, 6.45) is 1.56. The van der Waals surface area contributed by atoms with E-state index in [2.05, 4.69) is 4.98 Å². The Kier molecular flexibility index (Phi) is 3.95. The largest absolute Gasteiger partial charge is 0.445 e. The van der Waals surface area contributed by atoms with E-state index in [9.17, 15) is 9.59 Å². The van der Waals surface area contributed by atoms with Gasteiger partial charge in [0.15, 0.2) is 5.89 Å². The van der Waals surface area contributed by atoms with Crippen LogP contribution in [0.15, 0.2) is 19.7 Å².